The molecule has 1 heterocycles. The Bertz CT molecular complexity index is 570. The van der Waals surface area contributed by atoms with Crippen LogP contribution in [0.1, 0.15) is 10.4 Å². The highest BCUT2D eigenvalue weighted by Gasteiger charge is 2.35. The van der Waals surface area contributed by atoms with Gasteiger partial charge >= 0.3 is 0 Å². The molecule has 1 aromatic carbocycles. The second-order valence-corrected chi connectivity index (χ2v) is 6.74. The number of likely N-dealkylation sites (N-methyl/N-ethyl adjacent to an activating group) is 1. The largest absolute Gasteiger partial charge is 0.506 e. The quantitative estimate of drug-likeness (QED) is 0.770. The van der Waals surface area contributed by atoms with Crippen LogP contribution < -0.4 is 0 Å². The monoisotopic (exact) mass is 356 g/mol. The lowest BCUT2D eigenvalue weighted by atomic mass is 9.96. The molecule has 7 heteroatoms. The van der Waals surface area contributed by atoms with Crippen LogP contribution in [0.3, 0.4) is 0 Å². The minimum absolute atomic E-state index is 0.0412. The number of hydrogen-bond donors (Lipinski definition) is 2. The molecule has 1 aliphatic heterocycles. The smallest absolute Gasteiger partial charge is 0.253 e. The number of likely N-dealkylation sites (tertiary alicyclic amines) is 1. The summed E-state index contributed by atoms with van der Waals surface area (Å²) < 4.78 is 5.08. The molecular formula is C17H25ClN2O4. The first-order valence-corrected chi connectivity index (χ1v) is 8.40. The van der Waals surface area contributed by atoms with Crippen molar-refractivity contribution in [3.05, 3.63) is 28.8 Å². The Morgan fingerprint density at radius 1 is 1.42 bits per heavy atom. The van der Waals surface area contributed by atoms with Crippen LogP contribution in [0.4, 0.5) is 0 Å². The van der Waals surface area contributed by atoms with Crippen molar-refractivity contribution >= 4 is 17.5 Å². The van der Waals surface area contributed by atoms with Crippen molar-refractivity contribution in [2.45, 2.75) is 0 Å². The maximum absolute atomic E-state index is 12.6. The summed E-state index contributed by atoms with van der Waals surface area (Å²) in [5.74, 6) is 0.109. The van der Waals surface area contributed by atoms with E-state index in [1.165, 1.54) is 12.1 Å². The van der Waals surface area contributed by atoms with E-state index in [9.17, 15) is 15.0 Å². The van der Waals surface area contributed by atoms with Gasteiger partial charge in [0, 0.05) is 51.4 Å². The molecule has 1 amide bonds. The number of rotatable bonds is 7. The Morgan fingerprint density at radius 3 is 2.75 bits per heavy atom. The van der Waals surface area contributed by atoms with Gasteiger partial charge in [-0.3, -0.25) is 4.79 Å². The van der Waals surface area contributed by atoms with Crippen LogP contribution in [0.2, 0.25) is 5.02 Å². The molecule has 134 valence electrons. The van der Waals surface area contributed by atoms with Crippen LogP contribution in [-0.2, 0) is 4.74 Å². The zero-order chi connectivity index (χ0) is 17.7. The van der Waals surface area contributed by atoms with E-state index in [-0.39, 0.29) is 35.1 Å². The number of aromatic hydroxyl groups is 1. The minimum Gasteiger partial charge on any atom is -0.506 e. The van der Waals surface area contributed by atoms with Crippen LogP contribution >= 0.6 is 11.6 Å². The number of halogens is 1. The summed E-state index contributed by atoms with van der Waals surface area (Å²) in [6.07, 6.45) is 0. The van der Waals surface area contributed by atoms with Gasteiger partial charge in [0.25, 0.3) is 5.91 Å². The van der Waals surface area contributed by atoms with Crippen LogP contribution in [0.5, 0.6) is 5.75 Å². The first-order chi connectivity index (χ1) is 11.5. The summed E-state index contributed by atoms with van der Waals surface area (Å²) in [5, 5.41) is 19.3. The molecular weight excluding hydrogens is 332 g/mol. The fraction of sp³-hybridized carbons (Fsp3) is 0.588. The Balaban J connectivity index is 2.01. The summed E-state index contributed by atoms with van der Waals surface area (Å²) in [6.45, 7) is 3.45. The predicted molar refractivity (Wildman–Crippen MR) is 92.5 cm³/mol. The Kier molecular flexibility index (Phi) is 6.86. The van der Waals surface area contributed by atoms with E-state index in [4.69, 9.17) is 16.3 Å². The van der Waals surface area contributed by atoms with Crippen molar-refractivity contribution in [3.8, 4) is 5.75 Å². The number of aliphatic hydroxyl groups is 1. The van der Waals surface area contributed by atoms with E-state index in [2.05, 4.69) is 4.90 Å². The predicted octanol–water partition coefficient (Wildman–Crippen LogP) is 1.30. The van der Waals surface area contributed by atoms with Gasteiger partial charge in [-0.05, 0) is 31.2 Å². The van der Waals surface area contributed by atoms with Gasteiger partial charge in [-0.25, -0.2) is 0 Å². The normalized spacial score (nSPS) is 20.8. The van der Waals surface area contributed by atoms with E-state index in [0.29, 0.717) is 25.3 Å². The second-order valence-electron chi connectivity index (χ2n) is 6.33. The van der Waals surface area contributed by atoms with Crippen LogP contribution in [0.15, 0.2) is 18.2 Å². The number of phenols is 1. The number of methoxy groups -OCH3 is 1. The number of ether oxygens (including phenoxy) is 1. The molecule has 0 aromatic heterocycles. The highest BCUT2D eigenvalue weighted by Crippen LogP contribution is 2.28. The van der Waals surface area contributed by atoms with Gasteiger partial charge < -0.3 is 24.7 Å². The molecule has 1 saturated heterocycles. The van der Waals surface area contributed by atoms with Crippen molar-refractivity contribution in [1.29, 1.82) is 0 Å². The fourth-order valence-electron chi connectivity index (χ4n) is 3.08. The van der Waals surface area contributed by atoms with Crippen molar-refractivity contribution in [3.63, 3.8) is 0 Å². The maximum atomic E-state index is 12.6. The summed E-state index contributed by atoms with van der Waals surface area (Å²) in [6, 6.07) is 4.46. The number of carbonyl (C=O) groups is 1. The third-order valence-electron chi connectivity index (χ3n) is 4.52. The molecule has 0 aliphatic carbocycles. The van der Waals surface area contributed by atoms with E-state index >= 15 is 0 Å². The molecule has 1 aromatic rings. The lowest BCUT2D eigenvalue weighted by Gasteiger charge is -2.23. The third-order valence-corrected chi connectivity index (χ3v) is 4.82. The van der Waals surface area contributed by atoms with Crippen molar-refractivity contribution in [1.82, 2.24) is 9.80 Å². The zero-order valence-electron chi connectivity index (χ0n) is 14.1. The van der Waals surface area contributed by atoms with Gasteiger partial charge in [0.05, 0.1) is 11.6 Å². The van der Waals surface area contributed by atoms with Gasteiger partial charge in [-0.1, -0.05) is 11.6 Å². The maximum Gasteiger partial charge on any atom is 0.253 e. The average molecular weight is 357 g/mol. The minimum atomic E-state index is -0.127. The Labute approximate surface area is 147 Å². The van der Waals surface area contributed by atoms with Crippen LogP contribution in [0.25, 0.3) is 0 Å². The Hall–Kier alpha value is -1.34. The molecule has 24 heavy (non-hydrogen) atoms. The molecule has 2 atom stereocenters. The Morgan fingerprint density at radius 2 is 2.12 bits per heavy atom. The first-order valence-electron chi connectivity index (χ1n) is 8.02. The molecule has 1 fully saturated rings. The topological polar surface area (TPSA) is 73.2 Å². The lowest BCUT2D eigenvalue weighted by molar-refractivity contribution is 0.0778. The third kappa shape index (κ3) is 4.60. The summed E-state index contributed by atoms with van der Waals surface area (Å²) in [5.41, 5.74) is 0.447. The average Bonchev–Trinajstić information content (AvgIpc) is 2.97. The van der Waals surface area contributed by atoms with Gasteiger partial charge in [0.2, 0.25) is 0 Å². The molecule has 0 spiro atoms. The second kappa shape index (κ2) is 8.67. The summed E-state index contributed by atoms with van der Waals surface area (Å²) in [4.78, 5) is 16.5. The first kappa shape index (κ1) is 19.0. The number of nitrogens with zero attached hydrogens (tertiary/aromatic N) is 2. The van der Waals surface area contributed by atoms with Crippen LogP contribution in [-0.4, -0.2) is 79.5 Å². The standard InChI is InChI=1S/C17H25ClN2O4/c1-19(5-6-24-2)8-13-9-20(10-14(13)11-21)17(23)12-3-4-16(22)15(18)7-12/h3-4,7,13-14,21-22H,5-6,8-11H2,1-2H3/t13-,14-/m1/s1. The van der Waals surface area contributed by atoms with E-state index in [0.717, 1.165) is 13.1 Å². The van der Waals surface area contributed by atoms with Gasteiger partial charge in [-0.2, -0.15) is 0 Å². The van der Waals surface area contributed by atoms with Gasteiger partial charge in [0.1, 0.15) is 5.75 Å². The van der Waals surface area contributed by atoms with E-state index < -0.39 is 0 Å². The number of aliphatic hydroxyl groups excluding tert-OH is 1. The van der Waals surface area contributed by atoms with Crippen molar-refractivity contribution in [2.24, 2.45) is 11.8 Å². The zero-order valence-corrected chi connectivity index (χ0v) is 14.9. The molecule has 1 aliphatic rings. The van der Waals surface area contributed by atoms with Crippen LogP contribution in [0, 0.1) is 11.8 Å². The number of hydrogen-bond acceptors (Lipinski definition) is 5. The molecule has 0 unspecified atom stereocenters. The van der Waals surface area contributed by atoms with Gasteiger partial charge in [0.15, 0.2) is 0 Å². The van der Waals surface area contributed by atoms with E-state index in [1.54, 1.807) is 18.1 Å². The van der Waals surface area contributed by atoms with Gasteiger partial charge in [-0.15, -0.1) is 0 Å². The SMILES string of the molecule is COCCN(C)C[C@@H]1CN(C(=O)c2ccc(O)c(Cl)c2)C[C@@H]1CO. The molecule has 2 N–H and O–H groups in total. The number of carbonyl (C=O) groups excluding carboxylic acids is 1. The molecule has 0 radical (unpaired) electrons. The lowest BCUT2D eigenvalue weighted by Crippen LogP contribution is -2.33. The molecule has 2 rings (SSSR count). The van der Waals surface area contributed by atoms with E-state index in [1.807, 2.05) is 7.05 Å². The molecule has 0 bridgehead atoms. The number of benzene rings is 1. The summed E-state index contributed by atoms with van der Waals surface area (Å²) >= 11 is 5.89. The highest BCUT2D eigenvalue weighted by atomic mass is 35.5. The fourth-order valence-corrected chi connectivity index (χ4v) is 3.26. The molecule has 0 saturated carbocycles. The number of amides is 1. The number of phenolic OH excluding ortho intramolecular Hbond substituents is 1. The highest BCUT2D eigenvalue weighted by molar-refractivity contribution is 6.32. The molecule has 6 nitrogen and oxygen atoms in total. The van der Waals surface area contributed by atoms with Crippen molar-refractivity contribution in [2.75, 3.05) is 53.6 Å². The summed E-state index contributed by atoms with van der Waals surface area (Å²) in [7, 11) is 3.68. The van der Waals surface area contributed by atoms with Crippen molar-refractivity contribution < 1.29 is 19.7 Å².